The third-order valence-corrected chi connectivity index (χ3v) is 4.11. The molecule has 0 aliphatic heterocycles. The molecule has 0 aliphatic rings. The van der Waals surface area contributed by atoms with Crippen molar-refractivity contribution >= 4 is 10.0 Å². The maximum atomic E-state index is 12.1. The number of rotatable bonds is 5. The highest BCUT2D eigenvalue weighted by atomic mass is 32.2. The van der Waals surface area contributed by atoms with Crippen molar-refractivity contribution in [2.24, 2.45) is 5.73 Å². The van der Waals surface area contributed by atoms with Crippen molar-refractivity contribution in [2.75, 3.05) is 0 Å². The van der Waals surface area contributed by atoms with Crippen molar-refractivity contribution in [1.29, 1.82) is 0 Å². The Morgan fingerprint density at radius 1 is 1.58 bits per heavy atom. The molecule has 104 valence electrons. The topological polar surface area (TPSA) is 114 Å². The van der Waals surface area contributed by atoms with E-state index in [0.717, 1.165) is 0 Å². The zero-order chi connectivity index (χ0) is 14.0. The first kappa shape index (κ1) is 13.8. The summed E-state index contributed by atoms with van der Waals surface area (Å²) >= 11 is 0. The number of aromatic nitrogens is 2. The Bertz CT molecular complexity index is 659. The molecule has 4 N–H and O–H groups in total. The van der Waals surface area contributed by atoms with Crippen LogP contribution in [0.25, 0.3) is 0 Å². The van der Waals surface area contributed by atoms with E-state index in [4.69, 9.17) is 10.2 Å². The third kappa shape index (κ3) is 3.03. The van der Waals surface area contributed by atoms with Crippen LogP contribution < -0.4 is 10.5 Å². The SMILES string of the molecule is Cc1cnc(C(C)NS(=O)(=O)c2c[nH]c(CN)c2)o1. The minimum absolute atomic E-state index is 0.142. The molecular formula is C11H16N4O3S. The number of oxazole rings is 1. The van der Waals surface area contributed by atoms with E-state index in [-0.39, 0.29) is 11.4 Å². The van der Waals surface area contributed by atoms with Crippen LogP contribution in [-0.4, -0.2) is 18.4 Å². The highest BCUT2D eigenvalue weighted by Crippen LogP contribution is 2.17. The lowest BCUT2D eigenvalue weighted by molar-refractivity contribution is 0.428. The normalized spacial score (nSPS) is 13.6. The molecule has 0 fully saturated rings. The molecule has 1 atom stereocenters. The average Bonchev–Trinajstić information content (AvgIpc) is 2.96. The fraction of sp³-hybridized carbons (Fsp3) is 0.364. The van der Waals surface area contributed by atoms with E-state index in [1.54, 1.807) is 20.0 Å². The molecule has 8 heteroatoms. The summed E-state index contributed by atoms with van der Waals surface area (Å²) in [6.07, 6.45) is 2.95. The number of sulfonamides is 1. The highest BCUT2D eigenvalue weighted by molar-refractivity contribution is 7.89. The van der Waals surface area contributed by atoms with Crippen LogP contribution in [0.2, 0.25) is 0 Å². The van der Waals surface area contributed by atoms with Gasteiger partial charge in [-0.05, 0) is 19.9 Å². The number of aromatic amines is 1. The molecule has 2 aromatic heterocycles. The average molecular weight is 284 g/mol. The number of nitrogens with one attached hydrogen (secondary N) is 2. The molecule has 0 aliphatic carbocycles. The van der Waals surface area contributed by atoms with Gasteiger partial charge in [-0.1, -0.05) is 0 Å². The summed E-state index contributed by atoms with van der Waals surface area (Å²) in [7, 11) is -3.62. The number of H-pyrrole nitrogens is 1. The van der Waals surface area contributed by atoms with Crippen LogP contribution in [0.15, 0.2) is 27.8 Å². The zero-order valence-corrected chi connectivity index (χ0v) is 11.5. The highest BCUT2D eigenvalue weighted by Gasteiger charge is 2.22. The fourth-order valence-corrected chi connectivity index (χ4v) is 2.83. The van der Waals surface area contributed by atoms with Gasteiger partial charge in [0.15, 0.2) is 0 Å². The Kier molecular flexibility index (Phi) is 3.74. The van der Waals surface area contributed by atoms with Crippen molar-refractivity contribution < 1.29 is 12.8 Å². The molecule has 0 radical (unpaired) electrons. The predicted molar refractivity (Wildman–Crippen MR) is 68.7 cm³/mol. The molecule has 19 heavy (non-hydrogen) atoms. The van der Waals surface area contributed by atoms with Crippen molar-refractivity contribution in [3.63, 3.8) is 0 Å². The minimum atomic E-state index is -3.62. The van der Waals surface area contributed by atoms with Crippen LogP contribution in [-0.2, 0) is 16.6 Å². The Balaban J connectivity index is 2.17. The first-order valence-electron chi connectivity index (χ1n) is 5.74. The van der Waals surface area contributed by atoms with E-state index < -0.39 is 16.1 Å². The minimum Gasteiger partial charge on any atom is -0.444 e. The van der Waals surface area contributed by atoms with Gasteiger partial charge >= 0.3 is 0 Å². The number of nitrogens with two attached hydrogens (primary N) is 1. The van der Waals surface area contributed by atoms with Gasteiger partial charge in [0.1, 0.15) is 5.76 Å². The summed E-state index contributed by atoms with van der Waals surface area (Å²) in [4.78, 5) is 6.93. The Hall–Kier alpha value is -1.64. The van der Waals surface area contributed by atoms with E-state index in [2.05, 4.69) is 14.7 Å². The van der Waals surface area contributed by atoms with Gasteiger partial charge in [-0.2, -0.15) is 4.72 Å². The number of aryl methyl sites for hydroxylation is 1. The van der Waals surface area contributed by atoms with Crippen LogP contribution in [0.5, 0.6) is 0 Å². The van der Waals surface area contributed by atoms with Gasteiger partial charge in [0.05, 0.1) is 17.1 Å². The first-order valence-corrected chi connectivity index (χ1v) is 7.22. The largest absolute Gasteiger partial charge is 0.444 e. The summed E-state index contributed by atoms with van der Waals surface area (Å²) in [5, 5.41) is 0. The lowest BCUT2D eigenvalue weighted by Gasteiger charge is -2.09. The predicted octanol–water partition coefficient (Wildman–Crippen LogP) is 0.809. The number of hydrogen-bond donors (Lipinski definition) is 3. The first-order chi connectivity index (χ1) is 8.92. The van der Waals surface area contributed by atoms with Crippen LogP contribution in [0, 0.1) is 6.92 Å². The molecule has 0 bridgehead atoms. The fourth-order valence-electron chi connectivity index (χ4n) is 1.62. The molecular weight excluding hydrogens is 268 g/mol. The van der Waals surface area contributed by atoms with Crippen LogP contribution in [0.3, 0.4) is 0 Å². The molecule has 7 nitrogen and oxygen atoms in total. The van der Waals surface area contributed by atoms with Gasteiger partial charge in [0.25, 0.3) is 0 Å². The lowest BCUT2D eigenvalue weighted by Crippen LogP contribution is -2.26. The summed E-state index contributed by atoms with van der Waals surface area (Å²) in [5.74, 6) is 0.962. The lowest BCUT2D eigenvalue weighted by atomic mass is 10.4. The van der Waals surface area contributed by atoms with Crippen LogP contribution >= 0.6 is 0 Å². The van der Waals surface area contributed by atoms with Crippen molar-refractivity contribution in [3.05, 3.63) is 35.8 Å². The third-order valence-electron chi connectivity index (χ3n) is 2.59. The van der Waals surface area contributed by atoms with Crippen LogP contribution in [0.1, 0.15) is 30.3 Å². The maximum Gasteiger partial charge on any atom is 0.242 e. The molecule has 0 saturated heterocycles. The van der Waals surface area contributed by atoms with Crippen molar-refractivity contribution in [2.45, 2.75) is 31.3 Å². The van der Waals surface area contributed by atoms with E-state index in [9.17, 15) is 8.42 Å². The quantitative estimate of drug-likeness (QED) is 0.751. The molecule has 0 saturated carbocycles. The Morgan fingerprint density at radius 2 is 2.32 bits per heavy atom. The van der Waals surface area contributed by atoms with Gasteiger partial charge in [0.2, 0.25) is 15.9 Å². The molecule has 2 rings (SSSR count). The monoisotopic (exact) mass is 284 g/mol. The number of nitrogens with zero attached hydrogens (tertiary/aromatic N) is 1. The summed E-state index contributed by atoms with van der Waals surface area (Å²) < 4.78 is 32.0. The molecule has 0 aromatic carbocycles. The molecule has 1 unspecified atom stereocenters. The molecule has 2 aromatic rings. The van der Waals surface area contributed by atoms with Crippen LogP contribution in [0.4, 0.5) is 0 Å². The second-order valence-corrected chi connectivity index (χ2v) is 5.93. The Morgan fingerprint density at radius 3 is 2.84 bits per heavy atom. The number of hydrogen-bond acceptors (Lipinski definition) is 5. The summed E-state index contributed by atoms with van der Waals surface area (Å²) in [6.45, 7) is 3.67. The van der Waals surface area contributed by atoms with Gasteiger partial charge in [-0.25, -0.2) is 13.4 Å². The second kappa shape index (κ2) is 5.16. The standard InChI is InChI=1S/C11H16N4O3S/c1-7-5-14-11(18-7)8(2)15-19(16,17)10-3-9(4-12)13-6-10/h3,5-6,8,13,15H,4,12H2,1-2H3. The molecule has 2 heterocycles. The van der Waals surface area contributed by atoms with Gasteiger partial charge in [-0.15, -0.1) is 0 Å². The zero-order valence-electron chi connectivity index (χ0n) is 10.7. The van der Waals surface area contributed by atoms with Gasteiger partial charge < -0.3 is 15.1 Å². The molecule has 0 spiro atoms. The summed E-state index contributed by atoms with van der Waals surface area (Å²) in [5.41, 5.74) is 6.08. The van der Waals surface area contributed by atoms with Crippen molar-refractivity contribution in [1.82, 2.24) is 14.7 Å². The van der Waals surface area contributed by atoms with E-state index >= 15 is 0 Å². The van der Waals surface area contributed by atoms with Gasteiger partial charge in [-0.3, -0.25) is 0 Å². The second-order valence-electron chi connectivity index (χ2n) is 4.22. The van der Waals surface area contributed by atoms with E-state index in [1.165, 1.54) is 12.3 Å². The maximum absolute atomic E-state index is 12.1. The Labute approximate surface area is 111 Å². The van der Waals surface area contributed by atoms with E-state index in [0.29, 0.717) is 17.3 Å². The van der Waals surface area contributed by atoms with E-state index in [1.807, 2.05) is 0 Å². The summed E-state index contributed by atoms with van der Waals surface area (Å²) in [6, 6.07) is 0.950. The van der Waals surface area contributed by atoms with Crippen molar-refractivity contribution in [3.8, 4) is 0 Å². The van der Waals surface area contributed by atoms with Gasteiger partial charge in [0, 0.05) is 18.4 Å². The smallest absolute Gasteiger partial charge is 0.242 e. The molecule has 0 amide bonds.